The summed E-state index contributed by atoms with van der Waals surface area (Å²) in [6, 6.07) is 8.24. The largest absolute Gasteiger partial charge is 0.493 e. The lowest BCUT2D eigenvalue weighted by Crippen LogP contribution is -2.28. The molecule has 0 radical (unpaired) electrons. The molecule has 0 spiro atoms. The molecule has 2 aromatic carbocycles. The van der Waals surface area contributed by atoms with E-state index >= 15 is 0 Å². The number of nitrogens with zero attached hydrogens (tertiary/aromatic N) is 1. The van der Waals surface area contributed by atoms with Crippen LogP contribution in [0.1, 0.15) is 30.4 Å². The van der Waals surface area contributed by atoms with E-state index in [4.69, 9.17) is 21.1 Å². The number of methoxy groups -OCH3 is 1. The molecule has 0 bridgehead atoms. The number of carbonyl (C=O) groups is 1. The first kappa shape index (κ1) is 22.8. The third-order valence-electron chi connectivity index (χ3n) is 5.03. The van der Waals surface area contributed by atoms with Crippen LogP contribution in [0.15, 0.2) is 34.8 Å². The summed E-state index contributed by atoms with van der Waals surface area (Å²) in [4.78, 5) is 13.6. The van der Waals surface area contributed by atoms with Crippen molar-refractivity contribution in [1.82, 2.24) is 10.2 Å². The summed E-state index contributed by atoms with van der Waals surface area (Å²) in [7, 11) is 1.57. The van der Waals surface area contributed by atoms with Gasteiger partial charge in [-0.2, -0.15) is 0 Å². The van der Waals surface area contributed by atoms with Crippen LogP contribution in [0.5, 0.6) is 11.5 Å². The smallest absolute Gasteiger partial charge is 0.222 e. The van der Waals surface area contributed by atoms with Crippen molar-refractivity contribution in [2.45, 2.75) is 32.4 Å². The predicted molar refractivity (Wildman–Crippen MR) is 119 cm³/mol. The lowest BCUT2D eigenvalue weighted by atomic mass is 10.2. The maximum Gasteiger partial charge on any atom is 0.222 e. The minimum absolute atomic E-state index is 0.00111. The summed E-state index contributed by atoms with van der Waals surface area (Å²) in [6.07, 6.45) is 2.55. The van der Waals surface area contributed by atoms with Crippen molar-refractivity contribution in [3.05, 3.63) is 56.8 Å². The van der Waals surface area contributed by atoms with E-state index in [0.29, 0.717) is 35.1 Å². The second-order valence-electron chi connectivity index (χ2n) is 7.10. The van der Waals surface area contributed by atoms with E-state index in [1.165, 1.54) is 6.07 Å². The monoisotopic (exact) mass is 498 g/mol. The molecule has 1 fully saturated rings. The Morgan fingerprint density at radius 2 is 2.13 bits per heavy atom. The molecule has 0 aromatic heterocycles. The fraction of sp³-hybridized carbons (Fsp3) is 0.409. The molecule has 1 amide bonds. The summed E-state index contributed by atoms with van der Waals surface area (Å²) >= 11 is 9.64. The molecule has 5 nitrogen and oxygen atoms in total. The molecule has 3 rings (SSSR count). The van der Waals surface area contributed by atoms with Crippen molar-refractivity contribution >= 4 is 33.4 Å². The number of rotatable bonds is 10. The highest BCUT2D eigenvalue weighted by Gasteiger charge is 2.19. The molecule has 2 aromatic rings. The second kappa shape index (κ2) is 11.0. The molecule has 1 aliphatic rings. The molecule has 0 aliphatic carbocycles. The van der Waals surface area contributed by atoms with Gasteiger partial charge in [0.1, 0.15) is 12.4 Å². The van der Waals surface area contributed by atoms with Gasteiger partial charge in [-0.15, -0.1) is 0 Å². The number of hydrogen-bond donors (Lipinski definition) is 1. The number of ether oxygens (including phenoxy) is 2. The van der Waals surface area contributed by atoms with Crippen LogP contribution in [0, 0.1) is 5.82 Å². The van der Waals surface area contributed by atoms with E-state index in [2.05, 4.69) is 21.2 Å². The fourth-order valence-corrected chi connectivity index (χ4v) is 4.04. The number of likely N-dealkylation sites (tertiary alicyclic amines) is 1. The standard InChI is InChI=1S/C22H25BrClFN2O3/c1-29-20-11-15(13-26-8-4-10-27-9-3-7-22(27)28)17(23)12-21(20)30-14-16-18(24)5-2-6-19(16)25/h2,5-6,11-12,26H,3-4,7-10,13-14H2,1H3. The van der Waals surface area contributed by atoms with Crippen molar-refractivity contribution in [3.8, 4) is 11.5 Å². The molecule has 0 atom stereocenters. The second-order valence-corrected chi connectivity index (χ2v) is 8.36. The zero-order valence-electron chi connectivity index (χ0n) is 16.8. The van der Waals surface area contributed by atoms with Crippen LogP contribution in [0.3, 0.4) is 0 Å². The third kappa shape index (κ3) is 5.86. The van der Waals surface area contributed by atoms with Crippen molar-refractivity contribution in [1.29, 1.82) is 0 Å². The first-order chi connectivity index (χ1) is 14.5. The Balaban J connectivity index is 1.55. The van der Waals surface area contributed by atoms with E-state index in [0.717, 1.165) is 42.5 Å². The van der Waals surface area contributed by atoms with Crippen LogP contribution in [-0.4, -0.2) is 37.6 Å². The Morgan fingerprint density at radius 3 is 2.83 bits per heavy atom. The number of hydrogen-bond acceptors (Lipinski definition) is 4. The summed E-state index contributed by atoms with van der Waals surface area (Å²) in [5.74, 6) is 0.914. The summed E-state index contributed by atoms with van der Waals surface area (Å²) in [5, 5.41) is 3.72. The predicted octanol–water partition coefficient (Wildman–Crippen LogP) is 4.93. The molecular formula is C22H25BrClFN2O3. The number of halogens is 3. The number of nitrogens with one attached hydrogen (secondary N) is 1. The highest BCUT2D eigenvalue weighted by Crippen LogP contribution is 2.34. The normalized spacial score (nSPS) is 13.7. The first-order valence-corrected chi connectivity index (χ1v) is 11.1. The van der Waals surface area contributed by atoms with Gasteiger partial charge in [-0.25, -0.2) is 4.39 Å². The highest BCUT2D eigenvalue weighted by atomic mass is 79.9. The highest BCUT2D eigenvalue weighted by molar-refractivity contribution is 9.10. The van der Waals surface area contributed by atoms with E-state index in [9.17, 15) is 9.18 Å². The third-order valence-corrected chi connectivity index (χ3v) is 6.13. The number of carbonyl (C=O) groups excluding carboxylic acids is 1. The van der Waals surface area contributed by atoms with Gasteiger partial charge in [0.25, 0.3) is 0 Å². The van der Waals surface area contributed by atoms with Crippen LogP contribution < -0.4 is 14.8 Å². The van der Waals surface area contributed by atoms with Gasteiger partial charge < -0.3 is 19.7 Å². The minimum Gasteiger partial charge on any atom is -0.493 e. The Kier molecular flexibility index (Phi) is 8.36. The summed E-state index contributed by atoms with van der Waals surface area (Å²) < 4.78 is 26.1. The number of benzene rings is 2. The van der Waals surface area contributed by atoms with Crippen molar-refractivity contribution in [3.63, 3.8) is 0 Å². The quantitative estimate of drug-likeness (QED) is 0.471. The molecule has 162 valence electrons. The van der Waals surface area contributed by atoms with Gasteiger partial charge in [0.05, 0.1) is 12.1 Å². The molecule has 0 unspecified atom stereocenters. The summed E-state index contributed by atoms with van der Waals surface area (Å²) in [6.45, 7) is 3.12. The van der Waals surface area contributed by atoms with E-state index in [1.54, 1.807) is 19.2 Å². The van der Waals surface area contributed by atoms with Crippen LogP contribution >= 0.6 is 27.5 Å². The summed E-state index contributed by atoms with van der Waals surface area (Å²) in [5.41, 5.74) is 1.32. The van der Waals surface area contributed by atoms with Gasteiger partial charge >= 0.3 is 0 Å². The van der Waals surface area contributed by atoms with Gasteiger partial charge in [0, 0.05) is 36.1 Å². The fourth-order valence-electron chi connectivity index (χ4n) is 3.36. The maximum absolute atomic E-state index is 14.0. The van der Waals surface area contributed by atoms with Gasteiger partial charge in [-0.3, -0.25) is 4.79 Å². The van der Waals surface area contributed by atoms with Crippen molar-refractivity contribution in [2.24, 2.45) is 0 Å². The Labute approximate surface area is 189 Å². The molecule has 1 aliphatic heterocycles. The maximum atomic E-state index is 14.0. The number of amides is 1. The minimum atomic E-state index is -0.406. The molecule has 8 heteroatoms. The average molecular weight is 500 g/mol. The van der Waals surface area contributed by atoms with Crippen LogP contribution in [-0.2, 0) is 17.9 Å². The van der Waals surface area contributed by atoms with Crippen molar-refractivity contribution in [2.75, 3.05) is 26.7 Å². The zero-order valence-corrected chi connectivity index (χ0v) is 19.2. The van der Waals surface area contributed by atoms with Crippen molar-refractivity contribution < 1.29 is 18.7 Å². The zero-order chi connectivity index (χ0) is 21.5. The average Bonchev–Trinajstić information content (AvgIpc) is 3.13. The van der Waals surface area contributed by atoms with Gasteiger partial charge in [0.15, 0.2) is 11.5 Å². The Bertz CT molecular complexity index is 877. The van der Waals surface area contributed by atoms with E-state index < -0.39 is 5.82 Å². The molecule has 0 saturated carbocycles. The van der Waals surface area contributed by atoms with Gasteiger partial charge in [-0.05, 0) is 49.2 Å². The lowest BCUT2D eigenvalue weighted by Gasteiger charge is -2.16. The molecule has 30 heavy (non-hydrogen) atoms. The SMILES string of the molecule is COc1cc(CNCCCN2CCCC2=O)c(Br)cc1OCc1c(F)cccc1Cl. The molecule has 1 N–H and O–H groups in total. The Hall–Kier alpha value is -1.83. The Morgan fingerprint density at radius 1 is 1.30 bits per heavy atom. The molecule has 1 heterocycles. The topological polar surface area (TPSA) is 50.8 Å². The van der Waals surface area contributed by atoms with Gasteiger partial charge in [0.2, 0.25) is 5.91 Å². The molecule has 1 saturated heterocycles. The van der Waals surface area contributed by atoms with E-state index in [-0.39, 0.29) is 12.5 Å². The first-order valence-electron chi connectivity index (χ1n) is 9.90. The lowest BCUT2D eigenvalue weighted by molar-refractivity contribution is -0.127. The van der Waals surface area contributed by atoms with Gasteiger partial charge in [-0.1, -0.05) is 33.6 Å². The molecular weight excluding hydrogens is 475 g/mol. The van der Waals surface area contributed by atoms with Crippen LogP contribution in [0.2, 0.25) is 5.02 Å². The van der Waals surface area contributed by atoms with Crippen LogP contribution in [0.4, 0.5) is 4.39 Å². The van der Waals surface area contributed by atoms with E-state index in [1.807, 2.05) is 17.0 Å². The van der Waals surface area contributed by atoms with Crippen LogP contribution in [0.25, 0.3) is 0 Å².